The number of nitrogens with one attached hydrogen (secondary N) is 1. The largest absolute Gasteiger partial charge is 0.494 e. The molecule has 2 aromatic rings. The summed E-state index contributed by atoms with van der Waals surface area (Å²) in [4.78, 5) is 1.37. The molecule has 3 heteroatoms. The molecule has 1 aromatic carbocycles. The standard InChI is InChI=1S/C16H21NOS/c1-3-9-18-15-7-4-6-14(11-15)12-17-13(2)16-8-5-10-19-16/h4-8,10-11,13,17H,3,9,12H2,1-2H3. The van der Waals surface area contributed by atoms with Crippen LogP contribution in [0, 0.1) is 0 Å². The molecule has 2 nitrogen and oxygen atoms in total. The smallest absolute Gasteiger partial charge is 0.119 e. The van der Waals surface area contributed by atoms with Crippen molar-refractivity contribution in [3.63, 3.8) is 0 Å². The second-order valence-corrected chi connectivity index (χ2v) is 5.59. The molecule has 102 valence electrons. The highest BCUT2D eigenvalue weighted by Crippen LogP contribution is 2.19. The predicted octanol–water partition coefficient (Wildman–Crippen LogP) is 4.39. The lowest BCUT2D eigenvalue weighted by atomic mass is 10.2. The van der Waals surface area contributed by atoms with Gasteiger partial charge in [-0.3, -0.25) is 0 Å². The Hall–Kier alpha value is -1.32. The Morgan fingerprint density at radius 3 is 2.89 bits per heavy atom. The van der Waals surface area contributed by atoms with Gasteiger partial charge in [0.1, 0.15) is 5.75 Å². The van der Waals surface area contributed by atoms with Gasteiger partial charge >= 0.3 is 0 Å². The molecule has 1 aromatic heterocycles. The van der Waals surface area contributed by atoms with Crippen LogP contribution < -0.4 is 10.1 Å². The molecule has 1 atom stereocenters. The van der Waals surface area contributed by atoms with E-state index in [4.69, 9.17) is 4.74 Å². The van der Waals surface area contributed by atoms with Crippen LogP contribution in [0.4, 0.5) is 0 Å². The Morgan fingerprint density at radius 1 is 1.26 bits per heavy atom. The summed E-state index contributed by atoms with van der Waals surface area (Å²) in [7, 11) is 0. The van der Waals surface area contributed by atoms with E-state index in [-0.39, 0.29) is 0 Å². The van der Waals surface area contributed by atoms with Crippen LogP contribution in [0.3, 0.4) is 0 Å². The van der Waals surface area contributed by atoms with Gasteiger partial charge in [0, 0.05) is 17.5 Å². The van der Waals surface area contributed by atoms with Gasteiger partial charge in [-0.25, -0.2) is 0 Å². The van der Waals surface area contributed by atoms with Crippen LogP contribution in [0.1, 0.15) is 36.8 Å². The van der Waals surface area contributed by atoms with Crippen molar-refractivity contribution >= 4 is 11.3 Å². The van der Waals surface area contributed by atoms with E-state index in [0.717, 1.165) is 25.3 Å². The number of ether oxygens (including phenoxy) is 1. The van der Waals surface area contributed by atoms with Crippen molar-refractivity contribution < 1.29 is 4.74 Å². The maximum absolute atomic E-state index is 5.65. The molecule has 1 heterocycles. The van der Waals surface area contributed by atoms with Crippen LogP contribution in [0.5, 0.6) is 5.75 Å². The third kappa shape index (κ3) is 4.37. The maximum atomic E-state index is 5.65. The van der Waals surface area contributed by atoms with Crippen molar-refractivity contribution in [1.29, 1.82) is 0 Å². The first-order chi connectivity index (χ1) is 9.29. The third-order valence-corrected chi connectivity index (χ3v) is 4.01. The first-order valence-electron chi connectivity index (χ1n) is 6.78. The van der Waals surface area contributed by atoms with Crippen molar-refractivity contribution in [1.82, 2.24) is 5.32 Å². The molecule has 1 N–H and O–H groups in total. The van der Waals surface area contributed by atoms with Gasteiger partial charge in [0.25, 0.3) is 0 Å². The Labute approximate surface area is 119 Å². The molecule has 0 bridgehead atoms. The van der Waals surface area contributed by atoms with Gasteiger partial charge in [0.05, 0.1) is 6.61 Å². The van der Waals surface area contributed by atoms with Crippen molar-refractivity contribution in [3.8, 4) is 5.75 Å². The molecule has 0 saturated carbocycles. The second-order valence-electron chi connectivity index (χ2n) is 4.61. The topological polar surface area (TPSA) is 21.3 Å². The molecule has 0 aliphatic rings. The normalized spacial score (nSPS) is 12.3. The van der Waals surface area contributed by atoms with Gasteiger partial charge in [-0.1, -0.05) is 25.1 Å². The lowest BCUT2D eigenvalue weighted by Gasteiger charge is -2.13. The van der Waals surface area contributed by atoms with Crippen LogP contribution in [0.2, 0.25) is 0 Å². The van der Waals surface area contributed by atoms with Gasteiger partial charge in [-0.05, 0) is 42.5 Å². The van der Waals surface area contributed by atoms with Crippen LogP contribution in [-0.2, 0) is 6.54 Å². The van der Waals surface area contributed by atoms with Gasteiger partial charge < -0.3 is 10.1 Å². The van der Waals surface area contributed by atoms with Gasteiger partial charge in [0.15, 0.2) is 0 Å². The highest BCUT2D eigenvalue weighted by Gasteiger charge is 2.05. The second kappa shape index (κ2) is 7.31. The quantitative estimate of drug-likeness (QED) is 0.809. The Morgan fingerprint density at radius 2 is 2.16 bits per heavy atom. The maximum Gasteiger partial charge on any atom is 0.119 e. The molecule has 19 heavy (non-hydrogen) atoms. The Balaban J connectivity index is 1.88. The van der Waals surface area contributed by atoms with E-state index in [9.17, 15) is 0 Å². The Bertz CT molecular complexity index is 481. The summed E-state index contributed by atoms with van der Waals surface area (Å²) in [6, 6.07) is 13.0. The molecule has 0 aliphatic carbocycles. The molecule has 0 radical (unpaired) electrons. The van der Waals surface area contributed by atoms with Crippen LogP contribution in [0.25, 0.3) is 0 Å². The number of hydrogen-bond acceptors (Lipinski definition) is 3. The number of benzene rings is 1. The zero-order valence-corrected chi connectivity index (χ0v) is 12.4. The Kier molecular flexibility index (Phi) is 5.43. The predicted molar refractivity (Wildman–Crippen MR) is 81.8 cm³/mol. The summed E-state index contributed by atoms with van der Waals surface area (Å²) in [6.07, 6.45) is 1.04. The van der Waals surface area contributed by atoms with Crippen molar-refractivity contribution in [2.24, 2.45) is 0 Å². The first-order valence-corrected chi connectivity index (χ1v) is 7.66. The van der Waals surface area contributed by atoms with Crippen LogP contribution >= 0.6 is 11.3 Å². The molecule has 0 fully saturated rings. The molecular weight excluding hydrogens is 254 g/mol. The minimum Gasteiger partial charge on any atom is -0.494 e. The van der Waals surface area contributed by atoms with Crippen molar-refractivity contribution in [3.05, 3.63) is 52.2 Å². The number of thiophene rings is 1. The first kappa shape index (κ1) is 14.1. The monoisotopic (exact) mass is 275 g/mol. The molecule has 0 saturated heterocycles. The highest BCUT2D eigenvalue weighted by atomic mass is 32.1. The zero-order valence-electron chi connectivity index (χ0n) is 11.6. The van der Waals surface area contributed by atoms with E-state index in [0.29, 0.717) is 6.04 Å². The van der Waals surface area contributed by atoms with Gasteiger partial charge in [0.2, 0.25) is 0 Å². The van der Waals surface area contributed by atoms with E-state index in [1.807, 2.05) is 6.07 Å². The van der Waals surface area contributed by atoms with E-state index >= 15 is 0 Å². The minimum absolute atomic E-state index is 0.389. The van der Waals surface area contributed by atoms with Crippen molar-refractivity contribution in [2.75, 3.05) is 6.61 Å². The summed E-state index contributed by atoms with van der Waals surface area (Å²) >= 11 is 1.79. The van der Waals surface area contributed by atoms with E-state index < -0.39 is 0 Å². The van der Waals surface area contributed by atoms with Crippen molar-refractivity contribution in [2.45, 2.75) is 32.9 Å². The summed E-state index contributed by atoms with van der Waals surface area (Å²) in [5.74, 6) is 0.963. The van der Waals surface area contributed by atoms with E-state index in [2.05, 4.69) is 54.9 Å². The minimum atomic E-state index is 0.389. The lowest BCUT2D eigenvalue weighted by Crippen LogP contribution is -2.17. The average Bonchev–Trinajstić information content (AvgIpc) is 2.97. The fraction of sp³-hybridized carbons (Fsp3) is 0.375. The summed E-state index contributed by atoms with van der Waals surface area (Å²) in [5.41, 5.74) is 1.26. The number of rotatable bonds is 7. The average molecular weight is 275 g/mol. The molecule has 1 unspecified atom stereocenters. The fourth-order valence-electron chi connectivity index (χ4n) is 1.87. The van der Waals surface area contributed by atoms with Gasteiger partial charge in [-0.2, -0.15) is 0 Å². The SMILES string of the molecule is CCCOc1cccc(CNC(C)c2cccs2)c1. The highest BCUT2D eigenvalue weighted by molar-refractivity contribution is 7.10. The third-order valence-electron chi connectivity index (χ3n) is 2.95. The summed E-state index contributed by atoms with van der Waals surface area (Å²) < 4.78 is 5.65. The molecule has 2 rings (SSSR count). The lowest BCUT2D eigenvalue weighted by molar-refractivity contribution is 0.317. The molecule has 0 spiro atoms. The van der Waals surface area contributed by atoms with E-state index in [1.54, 1.807) is 11.3 Å². The van der Waals surface area contributed by atoms with Crippen LogP contribution in [0.15, 0.2) is 41.8 Å². The molecule has 0 amide bonds. The molecule has 0 aliphatic heterocycles. The van der Waals surface area contributed by atoms with Gasteiger partial charge in [-0.15, -0.1) is 11.3 Å². The summed E-state index contributed by atoms with van der Waals surface area (Å²) in [5, 5.41) is 5.66. The zero-order chi connectivity index (χ0) is 13.5. The number of hydrogen-bond donors (Lipinski definition) is 1. The van der Waals surface area contributed by atoms with Crippen LogP contribution in [-0.4, -0.2) is 6.61 Å². The van der Waals surface area contributed by atoms with E-state index in [1.165, 1.54) is 10.4 Å². The fourth-order valence-corrected chi connectivity index (χ4v) is 2.63. The summed E-state index contributed by atoms with van der Waals surface area (Å²) in [6.45, 7) is 5.96. The molecular formula is C16H21NOS.